The first-order valence-electron chi connectivity index (χ1n) is 6.40. The maximum Gasteiger partial charge on any atom is 0.387 e. The first-order chi connectivity index (χ1) is 10.4. The molecule has 1 aromatic carbocycles. The van der Waals surface area contributed by atoms with E-state index in [-0.39, 0.29) is 17.9 Å². The Labute approximate surface area is 124 Å². The molecule has 0 aromatic heterocycles. The molecule has 0 aliphatic rings. The van der Waals surface area contributed by atoms with Crippen LogP contribution < -0.4 is 20.1 Å². The van der Waals surface area contributed by atoms with E-state index in [1.807, 2.05) is 0 Å². The van der Waals surface area contributed by atoms with E-state index in [2.05, 4.69) is 20.1 Å². The van der Waals surface area contributed by atoms with Gasteiger partial charge in [0.25, 0.3) is 0 Å². The highest BCUT2D eigenvalue weighted by Crippen LogP contribution is 2.31. The van der Waals surface area contributed by atoms with Gasteiger partial charge in [-0.25, -0.2) is 0 Å². The number of halogens is 4. The molecule has 0 heterocycles. The van der Waals surface area contributed by atoms with E-state index in [1.165, 1.54) is 0 Å². The highest BCUT2D eigenvalue weighted by Gasteiger charge is 2.15. The lowest BCUT2D eigenvalue weighted by molar-refractivity contribution is -0.116. The van der Waals surface area contributed by atoms with Crippen molar-refractivity contribution < 1.29 is 31.8 Å². The predicted octanol–water partition coefficient (Wildman–Crippen LogP) is 2.83. The van der Waals surface area contributed by atoms with E-state index in [1.54, 1.807) is 7.05 Å². The first-order valence-corrected chi connectivity index (χ1v) is 6.40. The number of amides is 1. The quantitative estimate of drug-likeness (QED) is 0.542. The zero-order valence-corrected chi connectivity index (χ0v) is 11.7. The van der Waals surface area contributed by atoms with Crippen molar-refractivity contribution in [2.75, 3.05) is 18.9 Å². The second-order valence-corrected chi connectivity index (χ2v) is 4.17. The fourth-order valence-corrected chi connectivity index (χ4v) is 1.61. The molecule has 0 saturated heterocycles. The van der Waals surface area contributed by atoms with E-state index in [9.17, 15) is 22.4 Å². The van der Waals surface area contributed by atoms with Gasteiger partial charge in [-0.15, -0.1) is 0 Å². The summed E-state index contributed by atoms with van der Waals surface area (Å²) in [4.78, 5) is 11.7. The van der Waals surface area contributed by atoms with Crippen LogP contribution in [0.25, 0.3) is 0 Å². The molecule has 0 saturated carbocycles. The molecule has 0 aliphatic carbocycles. The molecule has 9 heteroatoms. The Morgan fingerprint density at radius 3 is 2.45 bits per heavy atom. The third-order valence-electron chi connectivity index (χ3n) is 2.50. The smallest absolute Gasteiger partial charge is 0.387 e. The molecule has 0 spiro atoms. The largest absolute Gasteiger partial charge is 0.435 e. The van der Waals surface area contributed by atoms with Crippen molar-refractivity contribution in [2.45, 2.75) is 26.1 Å². The van der Waals surface area contributed by atoms with Crippen LogP contribution in [-0.2, 0) is 4.79 Å². The van der Waals surface area contributed by atoms with Crippen LogP contribution in [0.5, 0.6) is 11.5 Å². The van der Waals surface area contributed by atoms with Crippen LogP contribution in [0.3, 0.4) is 0 Å². The molecule has 1 aromatic rings. The number of rotatable bonds is 9. The number of nitrogens with one attached hydrogen (secondary N) is 2. The van der Waals surface area contributed by atoms with E-state index in [4.69, 9.17) is 0 Å². The van der Waals surface area contributed by atoms with Crippen molar-refractivity contribution in [2.24, 2.45) is 0 Å². The monoisotopic (exact) mass is 324 g/mol. The Morgan fingerprint density at radius 1 is 1.18 bits per heavy atom. The molecule has 0 aliphatic heterocycles. The van der Waals surface area contributed by atoms with Crippen molar-refractivity contribution >= 4 is 11.6 Å². The molecule has 0 atom stereocenters. The van der Waals surface area contributed by atoms with Crippen LogP contribution in [-0.4, -0.2) is 32.7 Å². The lowest BCUT2D eigenvalue weighted by Crippen LogP contribution is -2.16. The molecule has 1 amide bonds. The average Bonchev–Trinajstić information content (AvgIpc) is 2.40. The lowest BCUT2D eigenvalue weighted by Gasteiger charge is -2.14. The van der Waals surface area contributed by atoms with Crippen LogP contribution in [0.15, 0.2) is 18.2 Å². The zero-order chi connectivity index (χ0) is 16.5. The number of benzene rings is 1. The van der Waals surface area contributed by atoms with Gasteiger partial charge in [0.15, 0.2) is 5.75 Å². The molecule has 22 heavy (non-hydrogen) atoms. The van der Waals surface area contributed by atoms with Crippen LogP contribution in [0.1, 0.15) is 12.8 Å². The molecule has 0 unspecified atom stereocenters. The maximum atomic E-state index is 12.3. The molecule has 0 fully saturated rings. The minimum absolute atomic E-state index is 0.0450. The molecule has 0 bridgehead atoms. The standard InChI is InChI=1S/C13H16F4N2O3/c1-18-6-2-3-11(20)19-9-5-4-8(21-12(14)15)7-10(9)22-13(16)17/h4-5,7,12-13,18H,2-3,6H2,1H3,(H,19,20). The van der Waals surface area contributed by atoms with Gasteiger partial charge in [-0.1, -0.05) is 0 Å². The Kier molecular flexibility index (Phi) is 7.44. The van der Waals surface area contributed by atoms with Gasteiger partial charge in [-0.2, -0.15) is 17.6 Å². The van der Waals surface area contributed by atoms with Crippen LogP contribution in [0.4, 0.5) is 23.2 Å². The van der Waals surface area contributed by atoms with E-state index in [0.29, 0.717) is 13.0 Å². The normalized spacial score (nSPS) is 10.9. The van der Waals surface area contributed by atoms with Gasteiger partial charge in [0.05, 0.1) is 5.69 Å². The number of hydrogen-bond donors (Lipinski definition) is 2. The second kappa shape index (κ2) is 9.08. The minimum atomic E-state index is -3.17. The molecular formula is C13H16F4N2O3. The third kappa shape index (κ3) is 6.61. The molecular weight excluding hydrogens is 308 g/mol. The van der Waals surface area contributed by atoms with Crippen LogP contribution in [0.2, 0.25) is 0 Å². The number of hydrogen-bond acceptors (Lipinski definition) is 4. The Morgan fingerprint density at radius 2 is 1.86 bits per heavy atom. The minimum Gasteiger partial charge on any atom is -0.435 e. The van der Waals surface area contributed by atoms with Crippen molar-refractivity contribution in [1.29, 1.82) is 0 Å². The predicted molar refractivity (Wildman–Crippen MR) is 71.5 cm³/mol. The Hall–Kier alpha value is -2.03. The van der Waals surface area contributed by atoms with Gasteiger partial charge in [0, 0.05) is 12.5 Å². The van der Waals surface area contributed by atoms with Gasteiger partial charge < -0.3 is 20.1 Å². The molecule has 0 radical (unpaired) electrons. The Bertz CT molecular complexity index is 486. The van der Waals surface area contributed by atoms with E-state index in [0.717, 1.165) is 18.2 Å². The van der Waals surface area contributed by atoms with Gasteiger partial charge in [0.2, 0.25) is 5.91 Å². The lowest BCUT2D eigenvalue weighted by atomic mass is 10.2. The summed E-state index contributed by atoms with van der Waals surface area (Å²) in [5.74, 6) is -1.20. The zero-order valence-electron chi connectivity index (χ0n) is 11.7. The summed E-state index contributed by atoms with van der Waals surface area (Å²) in [6, 6.07) is 3.14. The summed E-state index contributed by atoms with van der Waals surface area (Å²) < 4.78 is 57.2. The van der Waals surface area contributed by atoms with Gasteiger partial charge >= 0.3 is 13.2 Å². The van der Waals surface area contributed by atoms with E-state index < -0.39 is 24.9 Å². The molecule has 2 N–H and O–H groups in total. The summed E-state index contributed by atoms with van der Waals surface area (Å²) in [6.45, 7) is -5.64. The van der Waals surface area contributed by atoms with Gasteiger partial charge in [-0.3, -0.25) is 4.79 Å². The molecule has 5 nitrogen and oxygen atoms in total. The third-order valence-corrected chi connectivity index (χ3v) is 2.50. The summed E-state index contributed by atoms with van der Waals surface area (Å²) >= 11 is 0. The van der Waals surface area contributed by atoms with Gasteiger partial charge in [-0.05, 0) is 32.1 Å². The van der Waals surface area contributed by atoms with Crippen molar-refractivity contribution in [3.8, 4) is 11.5 Å². The second-order valence-electron chi connectivity index (χ2n) is 4.17. The number of ether oxygens (including phenoxy) is 2. The summed E-state index contributed by atoms with van der Waals surface area (Å²) in [7, 11) is 1.73. The maximum absolute atomic E-state index is 12.3. The van der Waals surface area contributed by atoms with Crippen molar-refractivity contribution in [3.05, 3.63) is 18.2 Å². The Balaban J connectivity index is 2.80. The SMILES string of the molecule is CNCCCC(=O)Nc1ccc(OC(F)F)cc1OC(F)F. The molecule has 1 rings (SSSR count). The number of carbonyl (C=O) groups is 1. The van der Waals surface area contributed by atoms with Gasteiger partial charge in [0.1, 0.15) is 5.75 Å². The topological polar surface area (TPSA) is 59.6 Å². The number of alkyl halides is 4. The average molecular weight is 324 g/mol. The fourth-order valence-electron chi connectivity index (χ4n) is 1.61. The van der Waals surface area contributed by atoms with E-state index >= 15 is 0 Å². The van der Waals surface area contributed by atoms with Crippen LogP contribution >= 0.6 is 0 Å². The molecule has 124 valence electrons. The summed E-state index contributed by atoms with van der Waals surface area (Å²) in [6.07, 6.45) is 0.726. The number of anilines is 1. The number of carbonyl (C=O) groups excluding carboxylic acids is 1. The first kappa shape index (κ1) is 18.0. The van der Waals surface area contributed by atoms with Crippen LogP contribution in [0, 0.1) is 0 Å². The van der Waals surface area contributed by atoms with Crippen molar-refractivity contribution in [1.82, 2.24) is 5.32 Å². The summed E-state index contributed by atoms with van der Waals surface area (Å²) in [5.41, 5.74) is -0.0450. The highest BCUT2D eigenvalue weighted by molar-refractivity contribution is 5.92. The highest BCUT2D eigenvalue weighted by atomic mass is 19.3. The summed E-state index contributed by atoms with van der Waals surface area (Å²) in [5, 5.41) is 5.25. The van der Waals surface area contributed by atoms with Crippen molar-refractivity contribution in [3.63, 3.8) is 0 Å². The fraction of sp³-hybridized carbons (Fsp3) is 0.462.